The molecule has 0 aliphatic heterocycles. The number of hydrogen-bond donors (Lipinski definition) is 2. The van der Waals surface area contributed by atoms with Crippen molar-refractivity contribution in [1.29, 1.82) is 0 Å². The molecule has 0 aliphatic carbocycles. The van der Waals surface area contributed by atoms with Gasteiger partial charge in [-0.25, -0.2) is 13.1 Å². The summed E-state index contributed by atoms with van der Waals surface area (Å²) in [4.78, 5) is 11.7. The summed E-state index contributed by atoms with van der Waals surface area (Å²) >= 11 is 0. The molecule has 0 unspecified atom stereocenters. The number of methoxy groups -OCH3 is 1. The molecule has 0 heterocycles. The van der Waals surface area contributed by atoms with E-state index >= 15 is 0 Å². The van der Waals surface area contributed by atoms with Crippen LogP contribution in [-0.2, 0) is 21.4 Å². The Hall–Kier alpha value is -2.38. The van der Waals surface area contributed by atoms with Gasteiger partial charge in [0.25, 0.3) is 0 Å². The van der Waals surface area contributed by atoms with Gasteiger partial charge in [0.05, 0.1) is 17.7 Å². The predicted octanol–water partition coefficient (Wildman–Crippen LogP) is 2.83. The maximum Gasteiger partial charge on any atom is 0.240 e. The van der Waals surface area contributed by atoms with Crippen molar-refractivity contribution >= 4 is 21.6 Å². The molecule has 2 rings (SSSR count). The summed E-state index contributed by atoms with van der Waals surface area (Å²) in [5.41, 5.74) is 2.30. The summed E-state index contributed by atoms with van der Waals surface area (Å²) in [5, 5.41) is 2.65. The maximum absolute atomic E-state index is 12.5. The molecule has 0 fully saturated rings. The van der Waals surface area contributed by atoms with Gasteiger partial charge in [-0.1, -0.05) is 36.8 Å². The molecule has 0 saturated carbocycles. The molecule has 2 aromatic carbocycles. The van der Waals surface area contributed by atoms with E-state index in [9.17, 15) is 13.2 Å². The fraction of sp³-hybridized carbons (Fsp3) is 0.278. The first-order chi connectivity index (χ1) is 11.9. The Balaban J connectivity index is 2.21. The van der Waals surface area contributed by atoms with Crippen LogP contribution in [0.3, 0.4) is 0 Å². The monoisotopic (exact) mass is 362 g/mol. The molecule has 2 N–H and O–H groups in total. The highest BCUT2D eigenvalue weighted by Crippen LogP contribution is 2.27. The third-order valence-electron chi connectivity index (χ3n) is 3.66. The Morgan fingerprint density at radius 2 is 1.80 bits per heavy atom. The minimum atomic E-state index is -3.72. The quantitative estimate of drug-likeness (QED) is 0.793. The number of anilines is 1. The molecule has 6 nitrogen and oxygen atoms in total. The first-order valence-electron chi connectivity index (χ1n) is 7.89. The Morgan fingerprint density at radius 3 is 2.40 bits per heavy atom. The third-order valence-corrected chi connectivity index (χ3v) is 5.06. The fourth-order valence-electron chi connectivity index (χ4n) is 2.16. The average molecular weight is 362 g/mol. The third kappa shape index (κ3) is 5.04. The van der Waals surface area contributed by atoms with Crippen molar-refractivity contribution in [2.75, 3.05) is 12.4 Å². The van der Waals surface area contributed by atoms with Crippen molar-refractivity contribution in [1.82, 2.24) is 4.72 Å². The highest BCUT2D eigenvalue weighted by molar-refractivity contribution is 7.89. The fourth-order valence-corrected chi connectivity index (χ4v) is 3.20. The number of nitrogens with one attached hydrogen (secondary N) is 2. The largest absolute Gasteiger partial charge is 0.495 e. The van der Waals surface area contributed by atoms with Gasteiger partial charge in [0.15, 0.2) is 0 Å². The molecule has 0 bridgehead atoms. The topological polar surface area (TPSA) is 84.5 Å². The van der Waals surface area contributed by atoms with Crippen LogP contribution in [0, 0.1) is 6.92 Å². The van der Waals surface area contributed by atoms with E-state index in [1.807, 2.05) is 31.2 Å². The van der Waals surface area contributed by atoms with Crippen molar-refractivity contribution in [3.63, 3.8) is 0 Å². The van der Waals surface area contributed by atoms with Crippen LogP contribution in [0.15, 0.2) is 47.4 Å². The van der Waals surface area contributed by atoms with Gasteiger partial charge in [0.1, 0.15) is 5.75 Å². The van der Waals surface area contributed by atoms with E-state index in [0.29, 0.717) is 11.4 Å². The zero-order valence-corrected chi connectivity index (χ0v) is 15.3. The number of sulfonamides is 1. The van der Waals surface area contributed by atoms with E-state index in [1.54, 1.807) is 6.92 Å². The van der Waals surface area contributed by atoms with Gasteiger partial charge in [-0.15, -0.1) is 0 Å². The van der Waals surface area contributed by atoms with Crippen molar-refractivity contribution in [3.05, 3.63) is 53.6 Å². The lowest BCUT2D eigenvalue weighted by Crippen LogP contribution is -2.23. The Bertz CT molecular complexity index is 846. The van der Waals surface area contributed by atoms with Crippen molar-refractivity contribution < 1.29 is 17.9 Å². The number of carbonyl (C=O) groups is 1. The molecule has 1 amide bonds. The van der Waals surface area contributed by atoms with Gasteiger partial charge in [-0.3, -0.25) is 4.79 Å². The number of benzene rings is 2. The van der Waals surface area contributed by atoms with Gasteiger partial charge in [0, 0.05) is 13.0 Å². The summed E-state index contributed by atoms with van der Waals surface area (Å²) in [6.45, 7) is 3.87. The van der Waals surface area contributed by atoms with Gasteiger partial charge >= 0.3 is 0 Å². The van der Waals surface area contributed by atoms with Gasteiger partial charge in [0.2, 0.25) is 15.9 Å². The Kier molecular flexibility index (Phi) is 6.17. The second-order valence-electron chi connectivity index (χ2n) is 5.57. The van der Waals surface area contributed by atoms with Crippen LogP contribution in [0.4, 0.5) is 5.69 Å². The first-order valence-corrected chi connectivity index (χ1v) is 9.37. The summed E-state index contributed by atoms with van der Waals surface area (Å²) < 4.78 is 32.8. The molecule has 2 aromatic rings. The van der Waals surface area contributed by atoms with E-state index < -0.39 is 10.0 Å². The SMILES string of the molecule is CCC(=O)Nc1cc(S(=O)(=O)NCc2ccc(C)cc2)ccc1OC. The molecular formula is C18H22N2O4S. The number of aryl methyl sites for hydroxylation is 1. The second-order valence-corrected chi connectivity index (χ2v) is 7.34. The normalized spacial score (nSPS) is 11.2. The Morgan fingerprint density at radius 1 is 1.12 bits per heavy atom. The minimum absolute atomic E-state index is 0.0619. The summed E-state index contributed by atoms with van der Waals surface area (Å²) in [7, 11) is -2.26. The number of ether oxygens (including phenoxy) is 1. The first kappa shape index (κ1) is 19.0. The van der Waals surface area contributed by atoms with E-state index in [0.717, 1.165) is 11.1 Å². The van der Waals surface area contributed by atoms with Crippen LogP contribution < -0.4 is 14.8 Å². The van der Waals surface area contributed by atoms with Crippen LogP contribution in [0.5, 0.6) is 5.75 Å². The number of amides is 1. The zero-order valence-electron chi connectivity index (χ0n) is 14.5. The van der Waals surface area contributed by atoms with Crippen molar-refractivity contribution in [2.24, 2.45) is 0 Å². The van der Waals surface area contributed by atoms with Crippen LogP contribution >= 0.6 is 0 Å². The van der Waals surface area contributed by atoms with Crippen LogP contribution in [0.1, 0.15) is 24.5 Å². The molecule has 0 radical (unpaired) electrons. The maximum atomic E-state index is 12.5. The average Bonchev–Trinajstić information content (AvgIpc) is 2.61. The molecule has 0 saturated heterocycles. The lowest BCUT2D eigenvalue weighted by Gasteiger charge is -2.13. The highest BCUT2D eigenvalue weighted by atomic mass is 32.2. The standard InChI is InChI=1S/C18H22N2O4S/c1-4-18(21)20-16-11-15(9-10-17(16)24-3)25(22,23)19-12-14-7-5-13(2)6-8-14/h5-11,19H,4,12H2,1-3H3,(H,20,21). The molecule has 134 valence electrons. The van der Waals surface area contributed by atoms with Crippen LogP contribution in [-0.4, -0.2) is 21.4 Å². The van der Waals surface area contributed by atoms with Crippen LogP contribution in [0.25, 0.3) is 0 Å². The number of hydrogen-bond acceptors (Lipinski definition) is 4. The smallest absolute Gasteiger partial charge is 0.240 e. The van der Waals surface area contributed by atoms with Crippen molar-refractivity contribution in [3.8, 4) is 5.75 Å². The lowest BCUT2D eigenvalue weighted by atomic mass is 10.2. The molecule has 7 heteroatoms. The lowest BCUT2D eigenvalue weighted by molar-refractivity contribution is -0.115. The molecule has 25 heavy (non-hydrogen) atoms. The van der Waals surface area contributed by atoms with Crippen molar-refractivity contribution in [2.45, 2.75) is 31.7 Å². The van der Waals surface area contributed by atoms with E-state index in [-0.39, 0.29) is 23.8 Å². The summed E-state index contributed by atoms with van der Waals surface area (Å²) in [5.74, 6) is 0.180. The summed E-state index contributed by atoms with van der Waals surface area (Å²) in [6.07, 6.45) is 0.284. The molecule has 0 spiro atoms. The van der Waals surface area contributed by atoms with Gasteiger partial charge in [-0.2, -0.15) is 0 Å². The molecule has 0 aliphatic rings. The summed E-state index contributed by atoms with van der Waals surface area (Å²) in [6, 6.07) is 12.0. The second kappa shape index (κ2) is 8.13. The van der Waals surface area contributed by atoms with Gasteiger partial charge in [-0.05, 0) is 30.7 Å². The molecule has 0 aromatic heterocycles. The van der Waals surface area contributed by atoms with E-state index in [2.05, 4.69) is 10.0 Å². The van der Waals surface area contributed by atoms with E-state index in [1.165, 1.54) is 25.3 Å². The molecule has 0 atom stereocenters. The Labute approximate surface area is 148 Å². The number of rotatable bonds is 7. The predicted molar refractivity (Wildman–Crippen MR) is 97.1 cm³/mol. The molecular weight excluding hydrogens is 340 g/mol. The van der Waals surface area contributed by atoms with Crippen LogP contribution in [0.2, 0.25) is 0 Å². The highest BCUT2D eigenvalue weighted by Gasteiger charge is 2.17. The zero-order chi connectivity index (χ0) is 18.4. The van der Waals surface area contributed by atoms with E-state index in [4.69, 9.17) is 4.74 Å². The number of carbonyl (C=O) groups excluding carboxylic acids is 1. The minimum Gasteiger partial charge on any atom is -0.495 e. The van der Waals surface area contributed by atoms with Gasteiger partial charge < -0.3 is 10.1 Å².